The van der Waals surface area contributed by atoms with Crippen LogP contribution in [0.4, 0.5) is 5.69 Å². The van der Waals surface area contributed by atoms with Gasteiger partial charge in [0.2, 0.25) is 0 Å². The lowest BCUT2D eigenvalue weighted by Crippen LogP contribution is -2.28. The van der Waals surface area contributed by atoms with Crippen LogP contribution in [0.5, 0.6) is 0 Å². The number of para-hydroxylation sites is 1. The van der Waals surface area contributed by atoms with Crippen molar-refractivity contribution < 1.29 is 9.66 Å². The molecule has 0 aliphatic carbocycles. The molecule has 0 saturated carbocycles. The number of hydrogen-bond donors (Lipinski definition) is 0. The molecule has 1 fully saturated rings. The fourth-order valence-electron chi connectivity index (χ4n) is 3.58. The molecule has 150 valence electrons. The number of hydrogen-bond acceptors (Lipinski definition) is 6. The lowest BCUT2D eigenvalue weighted by atomic mass is 10.1. The molecule has 8 heteroatoms. The van der Waals surface area contributed by atoms with Crippen molar-refractivity contribution in [2.75, 3.05) is 6.61 Å². The largest absolute Gasteiger partial charge is 0.376 e. The normalized spacial score (nSPS) is 16.4. The molecule has 1 unspecified atom stereocenters. The molecule has 1 atom stereocenters. The average Bonchev–Trinajstić information content (AvgIpc) is 3.23. The number of rotatable bonds is 6. The first-order chi connectivity index (χ1) is 14.0. The van der Waals surface area contributed by atoms with Gasteiger partial charge in [-0.1, -0.05) is 36.0 Å². The summed E-state index contributed by atoms with van der Waals surface area (Å²) in [6.45, 7) is 2.93. The number of aromatic nitrogens is 2. The van der Waals surface area contributed by atoms with Crippen molar-refractivity contribution in [3.05, 3.63) is 74.1 Å². The van der Waals surface area contributed by atoms with E-state index in [-0.39, 0.29) is 22.3 Å². The van der Waals surface area contributed by atoms with Crippen LogP contribution in [-0.4, -0.2) is 27.2 Å². The van der Waals surface area contributed by atoms with E-state index in [1.807, 2.05) is 24.3 Å². The molecule has 0 N–H and O–H groups in total. The summed E-state index contributed by atoms with van der Waals surface area (Å²) in [5.41, 5.74) is 2.17. The maximum atomic E-state index is 13.1. The Morgan fingerprint density at radius 1 is 1.28 bits per heavy atom. The van der Waals surface area contributed by atoms with Crippen LogP contribution in [0.15, 0.2) is 52.4 Å². The van der Waals surface area contributed by atoms with Crippen molar-refractivity contribution in [3.8, 4) is 0 Å². The number of nitro benzene ring substituents is 1. The maximum absolute atomic E-state index is 13.1. The Labute approximate surface area is 171 Å². The Morgan fingerprint density at radius 2 is 2.10 bits per heavy atom. The van der Waals surface area contributed by atoms with Gasteiger partial charge in [0.15, 0.2) is 5.16 Å². The summed E-state index contributed by atoms with van der Waals surface area (Å²) in [6, 6.07) is 12.4. The van der Waals surface area contributed by atoms with E-state index < -0.39 is 0 Å². The second kappa shape index (κ2) is 8.34. The molecule has 1 aliphatic rings. The fraction of sp³-hybridized carbons (Fsp3) is 0.333. The van der Waals surface area contributed by atoms with Gasteiger partial charge in [0.1, 0.15) is 0 Å². The highest BCUT2D eigenvalue weighted by molar-refractivity contribution is 7.98. The van der Waals surface area contributed by atoms with Gasteiger partial charge in [-0.3, -0.25) is 19.5 Å². The van der Waals surface area contributed by atoms with E-state index in [1.54, 1.807) is 23.6 Å². The maximum Gasteiger partial charge on any atom is 0.272 e. The van der Waals surface area contributed by atoms with E-state index in [0.29, 0.717) is 33.9 Å². The van der Waals surface area contributed by atoms with Gasteiger partial charge in [-0.15, -0.1) is 0 Å². The molecule has 0 amide bonds. The van der Waals surface area contributed by atoms with Crippen molar-refractivity contribution >= 4 is 28.4 Å². The van der Waals surface area contributed by atoms with E-state index >= 15 is 0 Å². The Morgan fingerprint density at radius 3 is 2.86 bits per heavy atom. The first-order valence-corrected chi connectivity index (χ1v) is 10.5. The summed E-state index contributed by atoms with van der Waals surface area (Å²) in [7, 11) is 0. The van der Waals surface area contributed by atoms with Crippen molar-refractivity contribution in [2.24, 2.45) is 0 Å². The van der Waals surface area contributed by atoms with E-state index in [2.05, 4.69) is 0 Å². The summed E-state index contributed by atoms with van der Waals surface area (Å²) in [6.07, 6.45) is 1.93. The zero-order valence-corrected chi connectivity index (χ0v) is 16.9. The molecular formula is C21H21N3O4S. The smallest absolute Gasteiger partial charge is 0.272 e. The Hall–Kier alpha value is -2.71. The number of nitro groups is 1. The molecular weight excluding hydrogens is 390 g/mol. The molecule has 29 heavy (non-hydrogen) atoms. The number of thioether (sulfide) groups is 1. The third-order valence-corrected chi connectivity index (χ3v) is 6.23. The van der Waals surface area contributed by atoms with Crippen LogP contribution < -0.4 is 5.56 Å². The van der Waals surface area contributed by atoms with Gasteiger partial charge in [-0.05, 0) is 37.5 Å². The predicted molar refractivity (Wildman–Crippen MR) is 112 cm³/mol. The van der Waals surface area contributed by atoms with Crippen LogP contribution in [0.3, 0.4) is 0 Å². The third kappa shape index (κ3) is 4.04. The average molecular weight is 411 g/mol. The van der Waals surface area contributed by atoms with Crippen LogP contribution in [0.2, 0.25) is 0 Å². The van der Waals surface area contributed by atoms with Gasteiger partial charge in [0.05, 0.1) is 28.5 Å². The minimum Gasteiger partial charge on any atom is -0.376 e. The second-order valence-corrected chi connectivity index (χ2v) is 8.01. The summed E-state index contributed by atoms with van der Waals surface area (Å²) < 4.78 is 7.42. The molecule has 1 aromatic heterocycles. The van der Waals surface area contributed by atoms with Crippen LogP contribution >= 0.6 is 11.8 Å². The van der Waals surface area contributed by atoms with Crippen molar-refractivity contribution in [3.63, 3.8) is 0 Å². The lowest BCUT2D eigenvalue weighted by molar-refractivity contribution is -0.385. The topological polar surface area (TPSA) is 87.3 Å². The standard InChI is InChI=1S/C21H21N3O4S/c1-14-15(6-4-10-19(14)24(26)27)13-29-21-22-18-9-3-2-8-17(18)20(25)23(21)12-16-7-5-11-28-16/h2-4,6,8-10,16H,5,7,11-13H2,1H3. The zero-order valence-electron chi connectivity index (χ0n) is 16.0. The van der Waals surface area contributed by atoms with Crippen molar-refractivity contribution in [1.82, 2.24) is 9.55 Å². The van der Waals surface area contributed by atoms with Gasteiger partial charge >= 0.3 is 0 Å². The van der Waals surface area contributed by atoms with Crippen molar-refractivity contribution in [2.45, 2.75) is 43.3 Å². The highest BCUT2D eigenvalue weighted by Gasteiger charge is 2.21. The monoisotopic (exact) mass is 411 g/mol. The first kappa shape index (κ1) is 19.6. The molecule has 4 rings (SSSR count). The number of ether oxygens (including phenoxy) is 1. The third-order valence-electron chi connectivity index (χ3n) is 5.21. The Kier molecular flexibility index (Phi) is 5.64. The van der Waals surface area contributed by atoms with Crippen LogP contribution in [-0.2, 0) is 17.0 Å². The fourth-order valence-corrected chi connectivity index (χ4v) is 4.65. The van der Waals surface area contributed by atoms with Crippen molar-refractivity contribution in [1.29, 1.82) is 0 Å². The molecule has 1 saturated heterocycles. The van der Waals surface area contributed by atoms with Gasteiger partial charge < -0.3 is 4.74 Å². The van der Waals surface area contributed by atoms with E-state index in [0.717, 1.165) is 25.0 Å². The lowest BCUT2D eigenvalue weighted by Gasteiger charge is -2.16. The first-order valence-electron chi connectivity index (χ1n) is 9.51. The number of benzene rings is 2. The van der Waals surface area contributed by atoms with Gasteiger partial charge in [0.25, 0.3) is 11.2 Å². The van der Waals surface area contributed by atoms with Gasteiger partial charge in [0, 0.05) is 24.0 Å². The number of nitrogens with zero attached hydrogens (tertiary/aromatic N) is 3. The van der Waals surface area contributed by atoms with Crippen LogP contribution in [0, 0.1) is 17.0 Å². The van der Waals surface area contributed by atoms with Crippen LogP contribution in [0.25, 0.3) is 10.9 Å². The summed E-state index contributed by atoms with van der Waals surface area (Å²) in [4.78, 5) is 28.7. The molecule has 3 aromatic rings. The van der Waals surface area contributed by atoms with Crippen LogP contribution in [0.1, 0.15) is 24.0 Å². The highest BCUT2D eigenvalue weighted by Crippen LogP contribution is 2.28. The molecule has 0 radical (unpaired) electrons. The predicted octanol–water partition coefficient (Wildman–Crippen LogP) is 4.08. The van der Waals surface area contributed by atoms with E-state index in [9.17, 15) is 14.9 Å². The molecule has 0 spiro atoms. The second-order valence-electron chi connectivity index (χ2n) is 7.07. The van der Waals surface area contributed by atoms with Gasteiger partial charge in [-0.2, -0.15) is 0 Å². The molecule has 2 aromatic carbocycles. The summed E-state index contributed by atoms with van der Waals surface area (Å²) in [5.74, 6) is 0.490. The van der Waals surface area contributed by atoms with Gasteiger partial charge in [-0.25, -0.2) is 4.98 Å². The van der Waals surface area contributed by atoms with E-state index in [4.69, 9.17) is 9.72 Å². The minimum atomic E-state index is -0.370. The highest BCUT2D eigenvalue weighted by atomic mass is 32.2. The SMILES string of the molecule is Cc1c(CSc2nc3ccccc3c(=O)n2CC2CCCO2)cccc1[N+](=O)[O-]. The minimum absolute atomic E-state index is 0.00885. The molecule has 2 heterocycles. The summed E-state index contributed by atoms with van der Waals surface area (Å²) >= 11 is 1.42. The molecule has 1 aliphatic heterocycles. The Bertz CT molecular complexity index is 1120. The molecule has 7 nitrogen and oxygen atoms in total. The molecule has 0 bridgehead atoms. The Balaban J connectivity index is 1.70. The zero-order chi connectivity index (χ0) is 20.4. The number of fused-ring (bicyclic) bond motifs is 1. The summed E-state index contributed by atoms with van der Waals surface area (Å²) in [5, 5.41) is 12.4. The quantitative estimate of drug-likeness (QED) is 0.263. The van der Waals surface area contributed by atoms with E-state index in [1.165, 1.54) is 17.8 Å².